The molecule has 0 rings (SSSR count). The molecule has 0 aromatic rings. The van der Waals surface area contributed by atoms with Crippen molar-refractivity contribution in [1.82, 2.24) is 5.06 Å². The third-order valence-electron chi connectivity index (χ3n) is 2.60. The van der Waals surface area contributed by atoms with Gasteiger partial charge in [-0.15, -0.1) is 0 Å². The van der Waals surface area contributed by atoms with Crippen LogP contribution in [0.5, 0.6) is 0 Å². The summed E-state index contributed by atoms with van der Waals surface area (Å²) in [5, 5.41) is 1.23. The van der Waals surface area contributed by atoms with Gasteiger partial charge < -0.3 is 0 Å². The third-order valence-corrected chi connectivity index (χ3v) is 2.60. The summed E-state index contributed by atoms with van der Waals surface area (Å²) in [4.78, 5) is 27.0. The van der Waals surface area contributed by atoms with Crippen LogP contribution in [0.4, 0.5) is 0 Å². The molecule has 0 fully saturated rings. The van der Waals surface area contributed by atoms with E-state index in [-0.39, 0.29) is 17.6 Å². The Bertz CT molecular complexity index is 216. The molecule has 0 heterocycles. The first kappa shape index (κ1) is 14.1. The lowest BCUT2D eigenvalue weighted by Crippen LogP contribution is -2.24. The van der Waals surface area contributed by atoms with Crippen molar-refractivity contribution < 1.29 is 14.4 Å². The van der Waals surface area contributed by atoms with Crippen LogP contribution in [0.1, 0.15) is 39.5 Å². The van der Waals surface area contributed by atoms with Crippen LogP contribution >= 0.6 is 0 Å². The van der Waals surface area contributed by atoms with E-state index in [0.29, 0.717) is 6.42 Å². The molecule has 0 radical (unpaired) electrons. The fourth-order valence-electron chi connectivity index (χ4n) is 1.19. The van der Waals surface area contributed by atoms with E-state index >= 15 is 0 Å². The number of ketones is 1. The lowest BCUT2D eigenvalue weighted by Gasteiger charge is -2.13. The van der Waals surface area contributed by atoms with Crippen molar-refractivity contribution in [2.45, 2.75) is 39.5 Å². The molecule has 4 nitrogen and oxygen atoms in total. The predicted octanol–water partition coefficient (Wildman–Crippen LogP) is 1.79. The van der Waals surface area contributed by atoms with Crippen molar-refractivity contribution >= 4 is 11.7 Å². The van der Waals surface area contributed by atoms with Crippen molar-refractivity contribution in [3.8, 4) is 0 Å². The van der Waals surface area contributed by atoms with Gasteiger partial charge in [0, 0.05) is 19.4 Å². The molecule has 0 unspecified atom stereocenters. The Balaban J connectivity index is 3.54. The van der Waals surface area contributed by atoms with Crippen LogP contribution in [0.15, 0.2) is 0 Å². The van der Waals surface area contributed by atoms with Gasteiger partial charge in [0.1, 0.15) is 5.78 Å². The largest absolute Gasteiger partial charge is 0.300 e. The fraction of sp³-hybridized carbons (Fsp3) is 0.818. The lowest BCUT2D eigenvalue weighted by atomic mass is 10.00. The molecule has 0 aromatic heterocycles. The number of hydrogen-bond donors (Lipinski definition) is 0. The first-order valence-electron chi connectivity index (χ1n) is 5.30. The van der Waals surface area contributed by atoms with Crippen LogP contribution < -0.4 is 0 Å². The minimum absolute atomic E-state index is 0.0204. The number of amides is 1. The molecule has 0 spiro atoms. The zero-order valence-corrected chi connectivity index (χ0v) is 10.1. The third kappa shape index (κ3) is 6.23. The smallest absolute Gasteiger partial charge is 0.245 e. The summed E-state index contributed by atoms with van der Waals surface area (Å²) in [7, 11) is 3.07. The van der Waals surface area contributed by atoms with Gasteiger partial charge in [0.25, 0.3) is 0 Å². The van der Waals surface area contributed by atoms with Gasteiger partial charge in [-0.25, -0.2) is 5.06 Å². The fourth-order valence-corrected chi connectivity index (χ4v) is 1.19. The van der Waals surface area contributed by atoms with E-state index in [2.05, 4.69) is 0 Å². The standard InChI is InChI=1S/C11H21NO3/c1-9(10(2)13)7-5-6-8-11(14)12(3)15-4/h9H,5-8H2,1-4H3/t9-/m1/s1. The van der Waals surface area contributed by atoms with Gasteiger partial charge in [-0.05, 0) is 19.8 Å². The summed E-state index contributed by atoms with van der Waals surface area (Å²) in [5.41, 5.74) is 0. The highest BCUT2D eigenvalue weighted by atomic mass is 16.7. The Hall–Kier alpha value is -0.900. The second-order valence-electron chi connectivity index (χ2n) is 3.83. The molecule has 15 heavy (non-hydrogen) atoms. The van der Waals surface area contributed by atoms with Gasteiger partial charge in [-0.2, -0.15) is 0 Å². The first-order chi connectivity index (χ1) is 6.99. The molecule has 0 saturated heterocycles. The lowest BCUT2D eigenvalue weighted by molar-refractivity contribution is -0.168. The second kappa shape index (κ2) is 7.40. The zero-order chi connectivity index (χ0) is 11.8. The number of Topliss-reactive ketones (excluding diaryl/α,β-unsaturated/α-hetero) is 1. The minimum atomic E-state index is -0.0204. The number of rotatable bonds is 7. The van der Waals surface area contributed by atoms with E-state index in [4.69, 9.17) is 4.84 Å². The van der Waals surface area contributed by atoms with E-state index in [1.54, 1.807) is 14.0 Å². The van der Waals surface area contributed by atoms with Crippen LogP contribution in [0, 0.1) is 5.92 Å². The molecule has 0 aliphatic carbocycles. The molecule has 0 aromatic carbocycles. The quantitative estimate of drug-likeness (QED) is 0.480. The molecular weight excluding hydrogens is 194 g/mol. The van der Waals surface area contributed by atoms with Gasteiger partial charge in [0.05, 0.1) is 7.11 Å². The molecule has 1 atom stereocenters. The Morgan fingerprint density at radius 1 is 1.33 bits per heavy atom. The SMILES string of the molecule is CON(C)C(=O)CCCC[C@@H](C)C(C)=O. The molecule has 1 amide bonds. The number of nitrogens with zero attached hydrogens (tertiary/aromatic N) is 1. The Kier molecular flexibility index (Phi) is 6.96. The Morgan fingerprint density at radius 2 is 1.93 bits per heavy atom. The minimum Gasteiger partial charge on any atom is -0.300 e. The maximum atomic E-state index is 11.3. The molecule has 4 heteroatoms. The van der Waals surface area contributed by atoms with Gasteiger partial charge >= 0.3 is 0 Å². The molecule has 88 valence electrons. The molecule has 0 N–H and O–H groups in total. The summed E-state index contributed by atoms with van der Waals surface area (Å²) < 4.78 is 0. The maximum absolute atomic E-state index is 11.3. The van der Waals surface area contributed by atoms with E-state index in [1.165, 1.54) is 12.2 Å². The highest BCUT2D eigenvalue weighted by Gasteiger charge is 2.09. The molecule has 0 bridgehead atoms. The average Bonchev–Trinajstić information content (AvgIpc) is 2.22. The topological polar surface area (TPSA) is 46.6 Å². The Morgan fingerprint density at radius 3 is 2.40 bits per heavy atom. The van der Waals surface area contributed by atoms with Gasteiger partial charge in [0.15, 0.2) is 0 Å². The summed E-state index contributed by atoms with van der Waals surface area (Å²) in [6.45, 7) is 3.53. The van der Waals surface area contributed by atoms with Gasteiger partial charge in [0.2, 0.25) is 5.91 Å². The first-order valence-corrected chi connectivity index (χ1v) is 5.30. The van der Waals surface area contributed by atoms with Crippen LogP contribution in [0.2, 0.25) is 0 Å². The van der Waals surface area contributed by atoms with Crippen LogP contribution in [0.25, 0.3) is 0 Å². The molecule has 0 aliphatic heterocycles. The Labute approximate surface area is 91.5 Å². The number of carbonyl (C=O) groups is 2. The van der Waals surface area contributed by atoms with E-state index in [9.17, 15) is 9.59 Å². The van der Waals surface area contributed by atoms with Gasteiger partial charge in [-0.3, -0.25) is 14.4 Å². The van der Waals surface area contributed by atoms with E-state index in [0.717, 1.165) is 19.3 Å². The van der Waals surface area contributed by atoms with Crippen molar-refractivity contribution in [2.24, 2.45) is 5.92 Å². The monoisotopic (exact) mass is 215 g/mol. The zero-order valence-electron chi connectivity index (χ0n) is 10.1. The summed E-state index contributed by atoms with van der Waals surface area (Å²) >= 11 is 0. The maximum Gasteiger partial charge on any atom is 0.245 e. The average molecular weight is 215 g/mol. The number of unbranched alkanes of at least 4 members (excludes halogenated alkanes) is 1. The normalized spacial score (nSPS) is 12.3. The highest BCUT2D eigenvalue weighted by Crippen LogP contribution is 2.10. The highest BCUT2D eigenvalue weighted by molar-refractivity contribution is 5.77. The second-order valence-corrected chi connectivity index (χ2v) is 3.83. The van der Waals surface area contributed by atoms with Crippen LogP contribution in [0.3, 0.4) is 0 Å². The van der Waals surface area contributed by atoms with Crippen LogP contribution in [-0.4, -0.2) is 30.9 Å². The van der Waals surface area contributed by atoms with E-state index in [1.807, 2.05) is 6.92 Å². The number of hydrogen-bond acceptors (Lipinski definition) is 3. The van der Waals surface area contributed by atoms with Crippen molar-refractivity contribution in [3.05, 3.63) is 0 Å². The molecular formula is C11H21NO3. The van der Waals surface area contributed by atoms with Crippen molar-refractivity contribution in [2.75, 3.05) is 14.2 Å². The van der Waals surface area contributed by atoms with Crippen LogP contribution in [-0.2, 0) is 14.4 Å². The summed E-state index contributed by atoms with van der Waals surface area (Å²) in [6.07, 6.45) is 3.06. The van der Waals surface area contributed by atoms with Crippen molar-refractivity contribution in [3.63, 3.8) is 0 Å². The number of carbonyl (C=O) groups excluding carboxylic acids is 2. The molecule has 0 saturated carbocycles. The van der Waals surface area contributed by atoms with Crippen molar-refractivity contribution in [1.29, 1.82) is 0 Å². The summed E-state index contributed by atoms with van der Waals surface area (Å²) in [6, 6.07) is 0. The van der Waals surface area contributed by atoms with Gasteiger partial charge in [-0.1, -0.05) is 13.3 Å². The number of hydroxylamine groups is 2. The summed E-state index contributed by atoms with van der Waals surface area (Å²) in [5.74, 6) is 0.309. The molecule has 0 aliphatic rings. The predicted molar refractivity (Wildman–Crippen MR) is 58.1 cm³/mol. The van der Waals surface area contributed by atoms with E-state index < -0.39 is 0 Å².